The number of nitrogens with one attached hydrogen (secondary N) is 1. The van der Waals surface area contributed by atoms with Crippen LogP contribution in [-0.2, 0) is 16.1 Å². The van der Waals surface area contributed by atoms with Crippen molar-refractivity contribution in [2.45, 2.75) is 51.2 Å². The van der Waals surface area contributed by atoms with Gasteiger partial charge in [0.2, 0.25) is 11.8 Å². The number of amides is 2. The van der Waals surface area contributed by atoms with E-state index >= 15 is 0 Å². The number of hydrogen-bond acceptors (Lipinski definition) is 3. The van der Waals surface area contributed by atoms with E-state index in [-0.39, 0.29) is 30.3 Å². The topological polar surface area (TPSA) is 52.7 Å². The van der Waals surface area contributed by atoms with E-state index in [9.17, 15) is 9.59 Å². The van der Waals surface area contributed by atoms with Crippen LogP contribution in [0, 0.1) is 5.92 Å². The predicted octanol–water partition coefficient (Wildman–Crippen LogP) is 2.02. The Morgan fingerprint density at radius 2 is 1.92 bits per heavy atom. The zero-order valence-corrected chi connectivity index (χ0v) is 15.3. The van der Waals surface area contributed by atoms with Gasteiger partial charge in [-0.25, -0.2) is 0 Å². The second kappa shape index (κ2) is 8.00. The number of likely N-dealkylation sites (tertiary alicyclic amines) is 1. The van der Waals surface area contributed by atoms with Gasteiger partial charge in [0.05, 0.1) is 6.54 Å². The first-order valence-corrected chi connectivity index (χ1v) is 9.36. The molecule has 2 amide bonds. The quantitative estimate of drug-likeness (QED) is 0.860. The van der Waals surface area contributed by atoms with Crippen molar-refractivity contribution in [2.75, 3.05) is 20.1 Å². The molecule has 1 heterocycles. The molecule has 0 radical (unpaired) electrons. The van der Waals surface area contributed by atoms with Crippen LogP contribution in [0.5, 0.6) is 0 Å². The van der Waals surface area contributed by atoms with Gasteiger partial charge in [-0.2, -0.15) is 0 Å². The highest BCUT2D eigenvalue weighted by molar-refractivity contribution is 5.86. The van der Waals surface area contributed by atoms with Gasteiger partial charge in [-0.3, -0.25) is 14.5 Å². The summed E-state index contributed by atoms with van der Waals surface area (Å²) in [5.74, 6) is 0.204. The summed E-state index contributed by atoms with van der Waals surface area (Å²) in [6.07, 6.45) is 3.89. The third kappa shape index (κ3) is 4.82. The van der Waals surface area contributed by atoms with Crippen LogP contribution in [0.2, 0.25) is 0 Å². The van der Waals surface area contributed by atoms with E-state index in [0.29, 0.717) is 6.04 Å². The van der Waals surface area contributed by atoms with E-state index in [4.69, 9.17) is 0 Å². The Bertz CT molecular complexity index is 600. The molecule has 1 aliphatic heterocycles. The van der Waals surface area contributed by atoms with Crippen LogP contribution in [0.25, 0.3) is 0 Å². The number of likely N-dealkylation sites (N-methyl/N-ethyl adjacent to an activating group) is 1. The van der Waals surface area contributed by atoms with Crippen LogP contribution < -0.4 is 5.32 Å². The fourth-order valence-corrected chi connectivity index (χ4v) is 3.58. The summed E-state index contributed by atoms with van der Waals surface area (Å²) < 4.78 is 0. The summed E-state index contributed by atoms with van der Waals surface area (Å²) in [4.78, 5) is 28.4. The molecule has 0 unspecified atom stereocenters. The van der Waals surface area contributed by atoms with Crippen molar-refractivity contribution < 1.29 is 9.59 Å². The van der Waals surface area contributed by atoms with Gasteiger partial charge in [-0.05, 0) is 38.2 Å². The number of nitrogens with zero attached hydrogens (tertiary/aromatic N) is 2. The van der Waals surface area contributed by atoms with Crippen molar-refractivity contribution in [1.82, 2.24) is 15.1 Å². The number of piperidine rings is 1. The Hall–Kier alpha value is -1.88. The second-order valence-electron chi connectivity index (χ2n) is 7.48. The van der Waals surface area contributed by atoms with Gasteiger partial charge in [0.15, 0.2) is 0 Å². The first-order chi connectivity index (χ1) is 12.0. The molecule has 0 spiro atoms. The van der Waals surface area contributed by atoms with Crippen LogP contribution in [0.15, 0.2) is 30.3 Å². The van der Waals surface area contributed by atoms with Crippen LogP contribution >= 0.6 is 0 Å². The Kier molecular flexibility index (Phi) is 5.74. The third-order valence-electron chi connectivity index (χ3n) is 5.52. The Labute approximate surface area is 150 Å². The van der Waals surface area contributed by atoms with Gasteiger partial charge in [-0.1, -0.05) is 30.3 Å². The minimum Gasteiger partial charge on any atom is -0.347 e. The molecule has 1 N–H and O–H groups in total. The number of benzene rings is 1. The molecule has 5 heteroatoms. The fourth-order valence-electron chi connectivity index (χ4n) is 3.58. The molecule has 2 aliphatic rings. The van der Waals surface area contributed by atoms with E-state index in [2.05, 4.69) is 41.4 Å². The Morgan fingerprint density at radius 3 is 2.56 bits per heavy atom. The molecule has 0 bridgehead atoms. The maximum atomic E-state index is 12.4. The van der Waals surface area contributed by atoms with Crippen LogP contribution in [0.1, 0.15) is 38.2 Å². The molecule has 0 aromatic heterocycles. The lowest BCUT2D eigenvalue weighted by atomic mass is 9.96. The molecule has 1 aliphatic carbocycles. The van der Waals surface area contributed by atoms with Crippen molar-refractivity contribution >= 4 is 11.8 Å². The first kappa shape index (κ1) is 17.9. The minimum absolute atomic E-state index is 0.0164. The molecule has 5 nitrogen and oxygen atoms in total. The van der Waals surface area contributed by atoms with Crippen molar-refractivity contribution in [1.29, 1.82) is 0 Å². The monoisotopic (exact) mass is 343 g/mol. The standard InChI is InChI=1S/C20H29N3O2/c1-15-12-18(10-11-23(15)14-16-6-4-3-5-7-16)22(2)19(24)13-21-20(25)17-8-9-17/h3-7,15,17-18H,8-14H2,1-2H3,(H,21,25)/t15-,18+/m1/s1. The smallest absolute Gasteiger partial charge is 0.241 e. The van der Waals surface area contributed by atoms with Crippen molar-refractivity contribution in [3.63, 3.8) is 0 Å². The van der Waals surface area contributed by atoms with Crippen molar-refractivity contribution in [2.24, 2.45) is 5.92 Å². The predicted molar refractivity (Wildman–Crippen MR) is 97.8 cm³/mol. The first-order valence-electron chi connectivity index (χ1n) is 9.36. The highest BCUT2D eigenvalue weighted by Crippen LogP contribution is 2.28. The Balaban J connectivity index is 1.46. The zero-order chi connectivity index (χ0) is 17.8. The molecular weight excluding hydrogens is 314 g/mol. The van der Waals surface area contributed by atoms with Crippen LogP contribution in [-0.4, -0.2) is 53.8 Å². The third-order valence-corrected chi connectivity index (χ3v) is 5.52. The molecule has 3 rings (SSSR count). The lowest BCUT2D eigenvalue weighted by Gasteiger charge is -2.41. The summed E-state index contributed by atoms with van der Waals surface area (Å²) in [6.45, 7) is 4.32. The van der Waals surface area contributed by atoms with Crippen molar-refractivity contribution in [3.05, 3.63) is 35.9 Å². The molecule has 1 saturated carbocycles. The molecular formula is C20H29N3O2. The highest BCUT2D eigenvalue weighted by atomic mass is 16.2. The highest BCUT2D eigenvalue weighted by Gasteiger charge is 2.32. The maximum absolute atomic E-state index is 12.4. The summed E-state index contributed by atoms with van der Waals surface area (Å²) >= 11 is 0. The van der Waals surface area contributed by atoms with E-state index in [0.717, 1.165) is 38.8 Å². The zero-order valence-electron chi connectivity index (χ0n) is 15.3. The lowest BCUT2D eigenvalue weighted by molar-refractivity contribution is -0.134. The normalized spacial score (nSPS) is 23.9. The summed E-state index contributed by atoms with van der Waals surface area (Å²) in [7, 11) is 1.87. The largest absolute Gasteiger partial charge is 0.347 e. The van der Waals surface area contributed by atoms with Gasteiger partial charge in [0, 0.05) is 38.1 Å². The SMILES string of the molecule is C[C@@H]1C[C@@H](N(C)C(=O)CNC(=O)C2CC2)CCN1Cc1ccccc1. The summed E-state index contributed by atoms with van der Waals surface area (Å²) in [5, 5.41) is 2.78. The molecule has 2 atom stereocenters. The van der Waals surface area contributed by atoms with Crippen LogP contribution in [0.4, 0.5) is 0 Å². The summed E-state index contributed by atoms with van der Waals surface area (Å²) in [5.41, 5.74) is 1.33. The number of carbonyl (C=O) groups excluding carboxylic acids is 2. The number of hydrogen-bond donors (Lipinski definition) is 1. The maximum Gasteiger partial charge on any atom is 0.241 e. The van der Waals surface area contributed by atoms with E-state index < -0.39 is 0 Å². The van der Waals surface area contributed by atoms with Gasteiger partial charge in [0.1, 0.15) is 0 Å². The molecule has 1 aromatic rings. The number of rotatable bonds is 6. The minimum atomic E-state index is 0.0164. The molecule has 1 saturated heterocycles. The van der Waals surface area contributed by atoms with Gasteiger partial charge >= 0.3 is 0 Å². The molecule has 136 valence electrons. The van der Waals surface area contributed by atoms with Crippen molar-refractivity contribution in [3.8, 4) is 0 Å². The molecule has 1 aromatic carbocycles. The van der Waals surface area contributed by atoms with Gasteiger partial charge < -0.3 is 10.2 Å². The summed E-state index contributed by atoms with van der Waals surface area (Å²) in [6, 6.07) is 11.2. The molecule has 25 heavy (non-hydrogen) atoms. The average molecular weight is 343 g/mol. The van der Waals surface area contributed by atoms with Crippen LogP contribution in [0.3, 0.4) is 0 Å². The van der Waals surface area contributed by atoms with E-state index in [1.807, 2.05) is 18.0 Å². The fraction of sp³-hybridized carbons (Fsp3) is 0.600. The number of carbonyl (C=O) groups is 2. The van der Waals surface area contributed by atoms with E-state index in [1.165, 1.54) is 5.56 Å². The lowest BCUT2D eigenvalue weighted by Crippen LogP contribution is -2.51. The van der Waals surface area contributed by atoms with E-state index in [1.54, 1.807) is 0 Å². The molecule has 2 fully saturated rings. The average Bonchev–Trinajstić information content (AvgIpc) is 3.46. The van der Waals surface area contributed by atoms with Gasteiger partial charge in [-0.15, -0.1) is 0 Å². The Morgan fingerprint density at radius 1 is 1.20 bits per heavy atom. The second-order valence-corrected chi connectivity index (χ2v) is 7.48. The van der Waals surface area contributed by atoms with Gasteiger partial charge in [0.25, 0.3) is 0 Å².